The summed E-state index contributed by atoms with van der Waals surface area (Å²) in [5.74, 6) is -0.158. The van der Waals surface area contributed by atoms with E-state index in [-0.39, 0.29) is 11.3 Å². The van der Waals surface area contributed by atoms with Gasteiger partial charge in [0.2, 0.25) is 0 Å². The molecule has 0 bridgehead atoms. The van der Waals surface area contributed by atoms with Gasteiger partial charge in [0.05, 0.1) is 12.2 Å². The van der Waals surface area contributed by atoms with Crippen LogP contribution in [-0.4, -0.2) is 12.5 Å². The van der Waals surface area contributed by atoms with E-state index >= 15 is 0 Å². The highest BCUT2D eigenvalue weighted by molar-refractivity contribution is 14.1. The van der Waals surface area contributed by atoms with Crippen LogP contribution in [0.3, 0.4) is 0 Å². The number of hydrogen-bond acceptors (Lipinski definition) is 3. The summed E-state index contributed by atoms with van der Waals surface area (Å²) in [5, 5.41) is 11.9. The van der Waals surface area contributed by atoms with Crippen LogP contribution in [0, 0.1) is 28.7 Å². The Kier molecular flexibility index (Phi) is 8.79. The summed E-state index contributed by atoms with van der Waals surface area (Å²) in [6, 6.07) is 16.1. The predicted octanol–water partition coefficient (Wildman–Crippen LogP) is 7.46. The van der Waals surface area contributed by atoms with Gasteiger partial charge in [-0.05, 0) is 90.9 Å². The zero-order chi connectivity index (χ0) is 26.5. The first-order valence-electron chi connectivity index (χ1n) is 11.1. The minimum Gasteiger partial charge on any atom is -0.494 e. The van der Waals surface area contributed by atoms with Gasteiger partial charge in [0.15, 0.2) is 0 Å². The highest BCUT2D eigenvalue weighted by Crippen LogP contribution is 2.32. The van der Waals surface area contributed by atoms with E-state index in [2.05, 4.69) is 46.1 Å². The fourth-order valence-electron chi connectivity index (χ4n) is 3.83. The third-order valence-electron chi connectivity index (χ3n) is 5.26. The number of carbonyl (C=O) groups excluding carboxylic acids is 1. The van der Waals surface area contributed by atoms with Crippen LogP contribution in [0.25, 0.3) is 6.08 Å². The number of nitrogens with one attached hydrogen (secondary N) is 1. The number of alkyl halides is 3. The van der Waals surface area contributed by atoms with Crippen LogP contribution in [-0.2, 0) is 17.4 Å². The van der Waals surface area contributed by atoms with Crippen LogP contribution in [0.15, 0.2) is 60.2 Å². The number of carbonyl (C=O) groups is 1. The van der Waals surface area contributed by atoms with Gasteiger partial charge in [-0.25, -0.2) is 0 Å². The molecule has 0 spiro atoms. The molecule has 3 aromatic rings. The van der Waals surface area contributed by atoms with Crippen molar-refractivity contribution in [2.45, 2.75) is 33.4 Å². The van der Waals surface area contributed by atoms with Gasteiger partial charge in [0.1, 0.15) is 17.4 Å². The molecule has 3 aromatic carbocycles. The second kappa shape index (κ2) is 11.6. The lowest BCUT2D eigenvalue weighted by Crippen LogP contribution is -2.14. The Morgan fingerprint density at radius 2 is 1.81 bits per heavy atom. The molecule has 0 aliphatic heterocycles. The number of ether oxygens (including phenoxy) is 1. The van der Waals surface area contributed by atoms with Crippen molar-refractivity contribution >= 4 is 40.3 Å². The van der Waals surface area contributed by atoms with E-state index in [1.54, 1.807) is 6.07 Å². The quantitative estimate of drug-likeness (QED) is 0.173. The van der Waals surface area contributed by atoms with E-state index in [0.29, 0.717) is 24.3 Å². The zero-order valence-corrected chi connectivity index (χ0v) is 22.1. The fraction of sp³-hybridized carbons (Fsp3) is 0.214. The maximum absolute atomic E-state index is 13.0. The van der Waals surface area contributed by atoms with Crippen LogP contribution >= 0.6 is 22.6 Å². The van der Waals surface area contributed by atoms with Crippen molar-refractivity contribution in [3.05, 3.63) is 97.1 Å². The molecule has 1 N–H and O–H groups in total. The number of benzene rings is 3. The lowest BCUT2D eigenvalue weighted by atomic mass is 9.98. The molecule has 4 nitrogen and oxygen atoms in total. The number of nitrogens with zero attached hydrogens (tertiary/aromatic N) is 1. The number of nitriles is 1. The smallest absolute Gasteiger partial charge is 0.416 e. The first-order chi connectivity index (χ1) is 17.0. The summed E-state index contributed by atoms with van der Waals surface area (Å²) < 4.78 is 45.7. The van der Waals surface area contributed by atoms with Crippen LogP contribution in [0.4, 0.5) is 18.9 Å². The Morgan fingerprint density at radius 1 is 1.11 bits per heavy atom. The number of aryl methyl sites for hydroxylation is 2. The molecule has 0 fully saturated rings. The van der Waals surface area contributed by atoms with Crippen molar-refractivity contribution in [2.75, 3.05) is 11.9 Å². The van der Waals surface area contributed by atoms with Gasteiger partial charge in [-0.15, -0.1) is 0 Å². The van der Waals surface area contributed by atoms with E-state index in [1.165, 1.54) is 29.3 Å². The largest absolute Gasteiger partial charge is 0.494 e. The average molecular weight is 604 g/mol. The summed E-state index contributed by atoms with van der Waals surface area (Å²) in [4.78, 5) is 12.7. The van der Waals surface area contributed by atoms with E-state index < -0.39 is 17.6 Å². The number of amides is 1. The van der Waals surface area contributed by atoms with Gasteiger partial charge in [-0.3, -0.25) is 4.79 Å². The third kappa shape index (κ3) is 7.10. The van der Waals surface area contributed by atoms with Gasteiger partial charge in [0, 0.05) is 21.2 Å². The van der Waals surface area contributed by atoms with Crippen LogP contribution in [0.1, 0.15) is 40.3 Å². The molecule has 0 saturated heterocycles. The Bertz CT molecular complexity index is 1340. The second-order valence-corrected chi connectivity index (χ2v) is 9.45. The lowest BCUT2D eigenvalue weighted by Gasteiger charge is -2.15. The summed E-state index contributed by atoms with van der Waals surface area (Å²) in [7, 11) is 0. The average Bonchev–Trinajstić information content (AvgIpc) is 2.79. The van der Waals surface area contributed by atoms with Crippen molar-refractivity contribution in [3.63, 3.8) is 0 Å². The molecule has 3 rings (SSSR count). The molecular weight excluding hydrogens is 580 g/mol. The summed E-state index contributed by atoms with van der Waals surface area (Å²) in [6.07, 6.45) is -2.49. The van der Waals surface area contributed by atoms with Crippen LogP contribution in [0.5, 0.6) is 5.75 Å². The predicted molar refractivity (Wildman–Crippen MR) is 143 cm³/mol. The number of rotatable bonds is 7. The van der Waals surface area contributed by atoms with Crippen LogP contribution < -0.4 is 10.1 Å². The highest BCUT2D eigenvalue weighted by Gasteiger charge is 2.30. The molecule has 0 unspecified atom stereocenters. The first kappa shape index (κ1) is 27.3. The van der Waals surface area contributed by atoms with Crippen molar-refractivity contribution in [1.29, 1.82) is 5.26 Å². The number of anilines is 1. The molecule has 0 radical (unpaired) electrons. The summed E-state index contributed by atoms with van der Waals surface area (Å²) in [6.45, 7) is 6.41. The van der Waals surface area contributed by atoms with Crippen molar-refractivity contribution < 1.29 is 22.7 Å². The topological polar surface area (TPSA) is 62.1 Å². The lowest BCUT2D eigenvalue weighted by molar-refractivity contribution is -0.137. The van der Waals surface area contributed by atoms with Crippen molar-refractivity contribution in [1.82, 2.24) is 0 Å². The Hall–Kier alpha value is -3.32. The highest BCUT2D eigenvalue weighted by atomic mass is 127. The Balaban J connectivity index is 1.91. The SMILES string of the molecule is CCOc1cc(/C=C(\C#N)C(=O)Nc2cccc(C(F)(F)F)c2)cc(I)c1Cc1cc(C)cc(C)c1. The maximum Gasteiger partial charge on any atom is 0.416 e. The molecule has 0 saturated carbocycles. The fourth-order valence-corrected chi connectivity index (χ4v) is 4.65. The maximum atomic E-state index is 13.0. The van der Waals surface area contributed by atoms with E-state index in [1.807, 2.05) is 32.9 Å². The van der Waals surface area contributed by atoms with Crippen molar-refractivity contribution in [2.24, 2.45) is 0 Å². The molecule has 186 valence electrons. The molecule has 0 atom stereocenters. The molecule has 0 aromatic heterocycles. The molecule has 1 amide bonds. The summed E-state index contributed by atoms with van der Waals surface area (Å²) >= 11 is 2.20. The van der Waals surface area contributed by atoms with E-state index in [4.69, 9.17) is 4.74 Å². The molecular formula is C28H24F3IN2O2. The minimum absolute atomic E-state index is 0.0515. The normalized spacial score (nSPS) is 11.7. The van der Waals surface area contributed by atoms with E-state index in [0.717, 1.165) is 26.8 Å². The Labute approximate surface area is 221 Å². The van der Waals surface area contributed by atoms with Gasteiger partial charge in [-0.2, -0.15) is 18.4 Å². The molecule has 8 heteroatoms. The minimum atomic E-state index is -4.54. The van der Waals surface area contributed by atoms with Gasteiger partial charge in [0.25, 0.3) is 5.91 Å². The molecule has 0 aliphatic rings. The molecule has 36 heavy (non-hydrogen) atoms. The monoisotopic (exact) mass is 604 g/mol. The zero-order valence-electron chi connectivity index (χ0n) is 20.0. The number of hydrogen-bond donors (Lipinski definition) is 1. The van der Waals surface area contributed by atoms with Crippen molar-refractivity contribution in [3.8, 4) is 11.8 Å². The second-order valence-electron chi connectivity index (χ2n) is 8.29. The van der Waals surface area contributed by atoms with Crippen LogP contribution in [0.2, 0.25) is 0 Å². The summed E-state index contributed by atoms with van der Waals surface area (Å²) in [5.41, 5.74) is 3.86. The van der Waals surface area contributed by atoms with E-state index in [9.17, 15) is 23.2 Å². The molecule has 0 heterocycles. The third-order valence-corrected chi connectivity index (χ3v) is 6.23. The van der Waals surface area contributed by atoms with Gasteiger partial charge >= 0.3 is 6.18 Å². The first-order valence-corrected chi connectivity index (χ1v) is 12.2. The number of halogens is 4. The van der Waals surface area contributed by atoms with Gasteiger partial charge in [-0.1, -0.05) is 35.4 Å². The molecule has 0 aliphatic carbocycles. The standard InChI is InChI=1S/C28H24F3IN2O2/c1-4-36-26-14-20(13-25(32)24(26)12-19-9-17(2)8-18(3)10-19)11-21(16-33)27(35)34-23-7-5-6-22(15-23)28(29,30)31/h5-11,13-15H,4,12H2,1-3H3,(H,34,35)/b21-11+. The Morgan fingerprint density at radius 3 is 2.42 bits per heavy atom. The van der Waals surface area contributed by atoms with Gasteiger partial charge < -0.3 is 10.1 Å².